The number of terminal acetylenes is 1. The van der Waals surface area contributed by atoms with Gasteiger partial charge in [-0.15, -0.1) is 6.42 Å². The first-order chi connectivity index (χ1) is 8.78. The summed E-state index contributed by atoms with van der Waals surface area (Å²) in [4.78, 5) is 0. The van der Waals surface area contributed by atoms with Gasteiger partial charge in [-0.1, -0.05) is 24.5 Å². The molecule has 2 nitrogen and oxygen atoms in total. The second-order valence-corrected chi connectivity index (χ2v) is 4.84. The molecule has 18 heavy (non-hydrogen) atoms. The van der Waals surface area contributed by atoms with Gasteiger partial charge in [-0.25, -0.2) is 0 Å². The van der Waals surface area contributed by atoms with E-state index in [1.54, 1.807) is 7.11 Å². The van der Waals surface area contributed by atoms with Gasteiger partial charge in [0.05, 0.1) is 13.7 Å². The Bertz CT molecular complexity index is 408. The number of hydrogen-bond acceptors (Lipinski definition) is 2. The summed E-state index contributed by atoms with van der Waals surface area (Å²) < 4.78 is 11.1. The molecular formula is C16H20O2. The minimum absolute atomic E-state index is 0.335. The van der Waals surface area contributed by atoms with Crippen LogP contribution in [0.1, 0.15) is 37.7 Å². The molecule has 1 fully saturated rings. The van der Waals surface area contributed by atoms with Crippen molar-refractivity contribution in [2.45, 2.75) is 44.3 Å². The normalized spacial score (nSPS) is 18.0. The van der Waals surface area contributed by atoms with Gasteiger partial charge >= 0.3 is 0 Å². The van der Waals surface area contributed by atoms with E-state index < -0.39 is 0 Å². The lowest BCUT2D eigenvalue weighted by molar-refractivity contribution is -0.0368. The maximum Gasteiger partial charge on any atom is 0.128 e. The molecule has 0 atom stereocenters. The van der Waals surface area contributed by atoms with Crippen LogP contribution < -0.4 is 4.74 Å². The Morgan fingerprint density at radius 3 is 2.39 bits per heavy atom. The predicted molar refractivity (Wildman–Crippen MR) is 72.4 cm³/mol. The molecule has 0 saturated heterocycles. The van der Waals surface area contributed by atoms with Crippen LogP contribution >= 0.6 is 0 Å². The quantitative estimate of drug-likeness (QED) is 0.754. The number of benzene rings is 1. The molecule has 96 valence electrons. The number of rotatable bonds is 4. The molecule has 1 aromatic carbocycles. The van der Waals surface area contributed by atoms with E-state index in [2.05, 4.69) is 5.92 Å². The lowest BCUT2D eigenvalue weighted by Gasteiger charge is -2.32. The molecule has 2 rings (SSSR count). The van der Waals surface area contributed by atoms with Gasteiger partial charge in [-0.3, -0.25) is 0 Å². The van der Waals surface area contributed by atoms with E-state index >= 15 is 0 Å². The van der Waals surface area contributed by atoms with E-state index in [-0.39, 0.29) is 5.60 Å². The Kier molecular flexibility index (Phi) is 4.28. The molecule has 1 saturated carbocycles. The molecule has 2 heteroatoms. The summed E-state index contributed by atoms with van der Waals surface area (Å²) in [6.07, 6.45) is 11.2. The number of ether oxygens (including phenoxy) is 2. The van der Waals surface area contributed by atoms with Gasteiger partial charge in [0, 0.05) is 0 Å². The standard InChI is InChI=1S/C16H20O2/c1-3-16(11-5-4-6-12-16)18-13-14-7-9-15(17-2)10-8-14/h1,7-10H,4-6,11-13H2,2H3. The van der Waals surface area contributed by atoms with Gasteiger partial charge < -0.3 is 9.47 Å². The summed E-state index contributed by atoms with van der Waals surface area (Å²) in [6.45, 7) is 0.578. The van der Waals surface area contributed by atoms with E-state index in [0.717, 1.165) is 24.2 Å². The zero-order valence-electron chi connectivity index (χ0n) is 10.9. The molecule has 0 bridgehead atoms. The Balaban J connectivity index is 1.95. The van der Waals surface area contributed by atoms with Crippen LogP contribution in [0.25, 0.3) is 0 Å². The summed E-state index contributed by atoms with van der Waals surface area (Å²) in [5.74, 6) is 3.73. The molecule has 1 aliphatic carbocycles. The average molecular weight is 244 g/mol. The minimum atomic E-state index is -0.335. The predicted octanol–water partition coefficient (Wildman–Crippen LogP) is 3.55. The lowest BCUT2D eigenvalue weighted by Crippen LogP contribution is -2.33. The number of hydrogen-bond donors (Lipinski definition) is 0. The van der Waals surface area contributed by atoms with Crippen LogP contribution in [0.4, 0.5) is 0 Å². The van der Waals surface area contributed by atoms with Crippen LogP contribution in [-0.4, -0.2) is 12.7 Å². The summed E-state index contributed by atoms with van der Waals surface area (Å²) in [7, 11) is 1.67. The molecule has 0 unspecified atom stereocenters. The first-order valence-electron chi connectivity index (χ1n) is 6.53. The maximum absolute atomic E-state index is 6.00. The molecule has 0 amide bonds. The van der Waals surface area contributed by atoms with Crippen LogP contribution in [0.5, 0.6) is 5.75 Å². The highest BCUT2D eigenvalue weighted by Gasteiger charge is 2.30. The highest BCUT2D eigenvalue weighted by Crippen LogP contribution is 2.31. The van der Waals surface area contributed by atoms with Gasteiger partial charge in [0.25, 0.3) is 0 Å². The smallest absolute Gasteiger partial charge is 0.128 e. The van der Waals surface area contributed by atoms with Crippen molar-refractivity contribution in [2.24, 2.45) is 0 Å². The highest BCUT2D eigenvalue weighted by molar-refractivity contribution is 5.26. The molecule has 0 radical (unpaired) electrons. The van der Waals surface area contributed by atoms with Gasteiger partial charge in [0.1, 0.15) is 11.4 Å². The Morgan fingerprint density at radius 2 is 1.83 bits per heavy atom. The Hall–Kier alpha value is -1.46. The van der Waals surface area contributed by atoms with Crippen molar-refractivity contribution < 1.29 is 9.47 Å². The van der Waals surface area contributed by atoms with Crippen molar-refractivity contribution >= 4 is 0 Å². The zero-order chi connectivity index (χ0) is 12.8. The first kappa shape index (κ1) is 13.0. The largest absolute Gasteiger partial charge is 0.497 e. The summed E-state index contributed by atoms with van der Waals surface area (Å²) in [5, 5.41) is 0. The van der Waals surface area contributed by atoms with Crippen LogP contribution in [-0.2, 0) is 11.3 Å². The second-order valence-electron chi connectivity index (χ2n) is 4.84. The van der Waals surface area contributed by atoms with Crippen molar-refractivity contribution in [1.82, 2.24) is 0 Å². The lowest BCUT2D eigenvalue weighted by atomic mass is 9.85. The van der Waals surface area contributed by atoms with Gasteiger partial charge in [-0.05, 0) is 43.4 Å². The third-order valence-electron chi connectivity index (χ3n) is 3.60. The van der Waals surface area contributed by atoms with E-state index in [1.165, 1.54) is 19.3 Å². The number of methoxy groups -OCH3 is 1. The summed E-state index contributed by atoms with van der Waals surface area (Å²) in [5.41, 5.74) is 0.800. The molecular weight excluding hydrogens is 224 g/mol. The Morgan fingerprint density at radius 1 is 1.17 bits per heavy atom. The van der Waals surface area contributed by atoms with Crippen LogP contribution in [0.2, 0.25) is 0 Å². The second kappa shape index (κ2) is 5.93. The fraction of sp³-hybridized carbons (Fsp3) is 0.500. The average Bonchev–Trinajstić information content (AvgIpc) is 2.47. The maximum atomic E-state index is 6.00. The zero-order valence-corrected chi connectivity index (χ0v) is 10.9. The summed E-state index contributed by atoms with van der Waals surface area (Å²) >= 11 is 0. The van der Waals surface area contributed by atoms with E-state index in [4.69, 9.17) is 15.9 Å². The topological polar surface area (TPSA) is 18.5 Å². The fourth-order valence-electron chi connectivity index (χ4n) is 2.40. The molecule has 1 aromatic rings. The van der Waals surface area contributed by atoms with Crippen molar-refractivity contribution in [1.29, 1.82) is 0 Å². The minimum Gasteiger partial charge on any atom is -0.497 e. The molecule has 0 spiro atoms. The van der Waals surface area contributed by atoms with Crippen molar-refractivity contribution in [3.63, 3.8) is 0 Å². The molecule has 1 aliphatic rings. The Labute approximate surface area is 109 Å². The molecule has 0 N–H and O–H groups in total. The van der Waals surface area contributed by atoms with Crippen LogP contribution in [0.3, 0.4) is 0 Å². The fourth-order valence-corrected chi connectivity index (χ4v) is 2.40. The highest BCUT2D eigenvalue weighted by atomic mass is 16.5. The molecule has 0 heterocycles. The third-order valence-corrected chi connectivity index (χ3v) is 3.60. The van der Waals surface area contributed by atoms with Crippen molar-refractivity contribution in [2.75, 3.05) is 7.11 Å². The van der Waals surface area contributed by atoms with Crippen molar-refractivity contribution in [3.05, 3.63) is 29.8 Å². The monoisotopic (exact) mass is 244 g/mol. The van der Waals surface area contributed by atoms with Crippen LogP contribution in [0, 0.1) is 12.3 Å². The first-order valence-corrected chi connectivity index (χ1v) is 6.53. The molecule has 0 aromatic heterocycles. The van der Waals surface area contributed by atoms with E-state index in [1.807, 2.05) is 24.3 Å². The van der Waals surface area contributed by atoms with E-state index in [9.17, 15) is 0 Å². The van der Waals surface area contributed by atoms with Gasteiger partial charge in [0.2, 0.25) is 0 Å². The van der Waals surface area contributed by atoms with Gasteiger partial charge in [0.15, 0.2) is 0 Å². The SMILES string of the molecule is C#CC1(OCc2ccc(OC)cc2)CCCCC1. The summed E-state index contributed by atoms with van der Waals surface area (Å²) in [6, 6.07) is 7.93. The third kappa shape index (κ3) is 3.05. The molecule has 0 aliphatic heterocycles. The van der Waals surface area contributed by atoms with Crippen LogP contribution in [0.15, 0.2) is 24.3 Å². The van der Waals surface area contributed by atoms with E-state index in [0.29, 0.717) is 6.61 Å². The van der Waals surface area contributed by atoms with Crippen molar-refractivity contribution in [3.8, 4) is 18.1 Å². The van der Waals surface area contributed by atoms with Gasteiger partial charge in [-0.2, -0.15) is 0 Å².